The molecule has 0 spiro atoms. The fraction of sp³-hybridized carbons (Fsp3) is 0.421. The third-order valence-corrected chi connectivity index (χ3v) is 4.86. The first kappa shape index (κ1) is 17.2. The van der Waals surface area contributed by atoms with E-state index in [9.17, 15) is 9.59 Å². The Labute approximate surface area is 146 Å². The number of aryl methyl sites for hydroxylation is 2. The molecule has 2 N–H and O–H groups in total. The number of aliphatic carboxylic acids is 1. The monoisotopic (exact) mass is 341 g/mol. The largest absolute Gasteiger partial charge is 0.481 e. The Hall–Kier alpha value is -2.63. The fourth-order valence-corrected chi connectivity index (χ4v) is 3.20. The van der Waals surface area contributed by atoms with Gasteiger partial charge in [-0.15, -0.1) is 0 Å². The third-order valence-electron chi connectivity index (χ3n) is 4.86. The molecule has 0 aliphatic carbocycles. The van der Waals surface area contributed by atoms with Crippen LogP contribution in [-0.2, 0) is 11.2 Å². The van der Waals surface area contributed by atoms with Gasteiger partial charge in [0, 0.05) is 25.1 Å². The topological polar surface area (TPSA) is 86.3 Å². The number of benzene rings is 1. The van der Waals surface area contributed by atoms with E-state index in [2.05, 4.69) is 9.97 Å². The molecule has 3 rings (SSSR count). The van der Waals surface area contributed by atoms with E-state index in [1.807, 2.05) is 43.0 Å². The molecule has 0 bridgehead atoms. The lowest BCUT2D eigenvalue weighted by Crippen LogP contribution is -2.38. The summed E-state index contributed by atoms with van der Waals surface area (Å²) in [6, 6.07) is 8.12. The lowest BCUT2D eigenvalue weighted by molar-refractivity contribution is -0.142. The summed E-state index contributed by atoms with van der Waals surface area (Å²) in [5.41, 5.74) is 3.54. The number of hydrogen-bond donors (Lipinski definition) is 2. The van der Waals surface area contributed by atoms with Gasteiger partial charge >= 0.3 is 5.97 Å². The summed E-state index contributed by atoms with van der Waals surface area (Å²) >= 11 is 0. The van der Waals surface area contributed by atoms with Crippen molar-refractivity contribution >= 4 is 11.9 Å². The number of nitrogens with one attached hydrogen (secondary N) is 1. The molecule has 6 heteroatoms. The summed E-state index contributed by atoms with van der Waals surface area (Å²) in [5.74, 6) is -0.505. The van der Waals surface area contributed by atoms with Crippen LogP contribution in [0.3, 0.4) is 0 Å². The average molecular weight is 341 g/mol. The molecular weight excluding hydrogens is 318 g/mol. The molecule has 2 aromatic rings. The first-order chi connectivity index (χ1) is 11.9. The Morgan fingerprint density at radius 3 is 2.44 bits per heavy atom. The van der Waals surface area contributed by atoms with Crippen molar-refractivity contribution < 1.29 is 9.90 Å². The number of aromatic amines is 1. The number of rotatable bonds is 4. The number of nitrogens with zero attached hydrogens (tertiary/aromatic N) is 2. The van der Waals surface area contributed by atoms with Crippen molar-refractivity contribution in [3.05, 3.63) is 57.0 Å². The fourth-order valence-electron chi connectivity index (χ4n) is 3.20. The van der Waals surface area contributed by atoms with Crippen molar-refractivity contribution in [3.63, 3.8) is 0 Å². The van der Waals surface area contributed by atoms with Crippen LogP contribution < -0.4 is 10.5 Å². The maximum atomic E-state index is 12.5. The minimum Gasteiger partial charge on any atom is -0.481 e. The van der Waals surface area contributed by atoms with Crippen LogP contribution in [0.2, 0.25) is 0 Å². The van der Waals surface area contributed by atoms with Gasteiger partial charge in [0.25, 0.3) is 5.56 Å². The highest BCUT2D eigenvalue weighted by Gasteiger charge is 2.26. The molecule has 1 fully saturated rings. The van der Waals surface area contributed by atoms with Gasteiger partial charge in [0.2, 0.25) is 5.95 Å². The Morgan fingerprint density at radius 2 is 1.88 bits per heavy atom. The van der Waals surface area contributed by atoms with E-state index in [1.165, 1.54) is 5.56 Å². The molecule has 0 radical (unpaired) electrons. The van der Waals surface area contributed by atoms with Crippen LogP contribution in [0.5, 0.6) is 0 Å². The lowest BCUT2D eigenvalue weighted by Gasteiger charge is -2.30. The maximum Gasteiger partial charge on any atom is 0.306 e. The standard InChI is InChI=1S/C19H23N3O3/c1-12-3-5-14(6-4-12)11-16-13(2)20-19(21-17(16)23)22-9-7-15(8-10-22)18(24)25/h3-6,15H,7-11H2,1-2H3,(H,24,25)(H,20,21,23). The van der Waals surface area contributed by atoms with Crippen molar-refractivity contribution in [1.82, 2.24) is 9.97 Å². The lowest BCUT2D eigenvalue weighted by atomic mass is 9.97. The number of aromatic nitrogens is 2. The van der Waals surface area contributed by atoms with Crippen molar-refractivity contribution in [3.8, 4) is 0 Å². The maximum absolute atomic E-state index is 12.5. The summed E-state index contributed by atoms with van der Waals surface area (Å²) < 4.78 is 0. The second-order valence-electron chi connectivity index (χ2n) is 6.72. The van der Waals surface area contributed by atoms with Gasteiger partial charge in [-0.1, -0.05) is 29.8 Å². The van der Waals surface area contributed by atoms with Gasteiger partial charge in [-0.05, 0) is 32.3 Å². The minimum absolute atomic E-state index is 0.122. The molecule has 1 aromatic carbocycles. The first-order valence-corrected chi connectivity index (χ1v) is 8.57. The average Bonchev–Trinajstić information content (AvgIpc) is 2.59. The second kappa shape index (κ2) is 7.09. The molecule has 1 aromatic heterocycles. The molecule has 0 amide bonds. The summed E-state index contributed by atoms with van der Waals surface area (Å²) in [6.07, 6.45) is 1.70. The van der Waals surface area contributed by atoms with E-state index in [1.54, 1.807) is 0 Å². The van der Waals surface area contributed by atoms with Gasteiger partial charge in [0.1, 0.15) is 0 Å². The quantitative estimate of drug-likeness (QED) is 0.891. The highest BCUT2D eigenvalue weighted by molar-refractivity contribution is 5.70. The van der Waals surface area contributed by atoms with Crippen LogP contribution in [0.4, 0.5) is 5.95 Å². The molecule has 0 unspecified atom stereocenters. The molecule has 2 heterocycles. The SMILES string of the molecule is Cc1ccc(Cc2c(C)nc(N3CCC(C(=O)O)CC3)[nH]c2=O)cc1. The van der Waals surface area contributed by atoms with E-state index in [0.29, 0.717) is 43.9 Å². The van der Waals surface area contributed by atoms with Gasteiger partial charge in [0.05, 0.1) is 11.6 Å². The summed E-state index contributed by atoms with van der Waals surface area (Å²) in [7, 11) is 0. The molecule has 1 aliphatic rings. The van der Waals surface area contributed by atoms with Gasteiger partial charge in [-0.2, -0.15) is 0 Å². The van der Waals surface area contributed by atoms with Crippen molar-refractivity contribution in [2.24, 2.45) is 5.92 Å². The molecule has 25 heavy (non-hydrogen) atoms. The molecule has 0 saturated carbocycles. The summed E-state index contributed by atoms with van der Waals surface area (Å²) in [6.45, 7) is 5.07. The summed E-state index contributed by atoms with van der Waals surface area (Å²) in [5, 5.41) is 9.08. The van der Waals surface area contributed by atoms with Gasteiger partial charge in [-0.25, -0.2) is 4.98 Å². The second-order valence-corrected chi connectivity index (χ2v) is 6.72. The van der Waals surface area contributed by atoms with E-state index < -0.39 is 5.97 Å². The Kier molecular flexibility index (Phi) is 4.88. The Balaban J connectivity index is 1.77. The number of piperidine rings is 1. The molecular formula is C19H23N3O3. The van der Waals surface area contributed by atoms with Crippen LogP contribution in [0.25, 0.3) is 0 Å². The predicted octanol–water partition coefficient (Wildman–Crippen LogP) is 2.28. The van der Waals surface area contributed by atoms with Crippen LogP contribution in [0.15, 0.2) is 29.1 Å². The predicted molar refractivity (Wildman–Crippen MR) is 96.2 cm³/mol. The molecule has 1 saturated heterocycles. The highest BCUT2D eigenvalue weighted by Crippen LogP contribution is 2.21. The number of H-pyrrole nitrogens is 1. The zero-order valence-electron chi connectivity index (χ0n) is 14.6. The number of anilines is 1. The zero-order chi connectivity index (χ0) is 18.0. The molecule has 6 nitrogen and oxygen atoms in total. The molecule has 132 valence electrons. The normalized spacial score (nSPS) is 15.4. The van der Waals surface area contributed by atoms with Crippen molar-refractivity contribution in [2.45, 2.75) is 33.1 Å². The van der Waals surface area contributed by atoms with E-state index in [0.717, 1.165) is 11.3 Å². The van der Waals surface area contributed by atoms with Gasteiger partial charge < -0.3 is 10.0 Å². The highest BCUT2D eigenvalue weighted by atomic mass is 16.4. The van der Waals surface area contributed by atoms with Crippen molar-refractivity contribution in [2.75, 3.05) is 18.0 Å². The van der Waals surface area contributed by atoms with Crippen molar-refractivity contribution in [1.29, 1.82) is 0 Å². The number of carboxylic acid groups (broad SMARTS) is 1. The number of carboxylic acids is 1. The number of carbonyl (C=O) groups is 1. The minimum atomic E-state index is -0.745. The van der Waals surface area contributed by atoms with Gasteiger partial charge in [-0.3, -0.25) is 14.6 Å². The number of hydrogen-bond acceptors (Lipinski definition) is 4. The van der Waals surface area contributed by atoms with E-state index in [4.69, 9.17) is 5.11 Å². The van der Waals surface area contributed by atoms with E-state index in [-0.39, 0.29) is 11.5 Å². The molecule has 1 aliphatic heterocycles. The Morgan fingerprint density at radius 1 is 1.24 bits per heavy atom. The van der Waals surface area contributed by atoms with Crippen LogP contribution >= 0.6 is 0 Å². The zero-order valence-corrected chi connectivity index (χ0v) is 14.6. The van der Waals surface area contributed by atoms with Gasteiger partial charge in [0.15, 0.2) is 0 Å². The van der Waals surface area contributed by atoms with Crippen LogP contribution in [0, 0.1) is 19.8 Å². The molecule has 0 atom stereocenters. The Bertz CT molecular complexity index is 819. The van der Waals surface area contributed by atoms with E-state index >= 15 is 0 Å². The smallest absolute Gasteiger partial charge is 0.306 e. The van der Waals surface area contributed by atoms with Crippen LogP contribution in [-0.4, -0.2) is 34.1 Å². The summed E-state index contributed by atoms with van der Waals surface area (Å²) in [4.78, 5) is 33.0. The first-order valence-electron chi connectivity index (χ1n) is 8.57. The van der Waals surface area contributed by atoms with Crippen LogP contribution in [0.1, 0.15) is 35.2 Å². The third kappa shape index (κ3) is 3.90.